The van der Waals surface area contributed by atoms with Crippen LogP contribution in [0.25, 0.3) is 22.4 Å². The summed E-state index contributed by atoms with van der Waals surface area (Å²) in [6, 6.07) is 2.95. The second-order valence-electron chi connectivity index (χ2n) is 7.65. The minimum atomic E-state index is -0.777. The molecule has 0 N–H and O–H groups in total. The maximum absolute atomic E-state index is 13.8. The van der Waals surface area contributed by atoms with Gasteiger partial charge in [0.1, 0.15) is 22.8 Å². The molecule has 0 bridgehead atoms. The number of halogens is 2. The summed E-state index contributed by atoms with van der Waals surface area (Å²) in [5.74, 6) is -1.07. The largest absolute Gasteiger partial charge is 0.378 e. The van der Waals surface area contributed by atoms with Crippen molar-refractivity contribution in [3.05, 3.63) is 46.4 Å². The summed E-state index contributed by atoms with van der Waals surface area (Å²) in [5.41, 5.74) is 0.292. The molecule has 162 valence electrons. The van der Waals surface area contributed by atoms with Gasteiger partial charge in [-0.05, 0) is 25.0 Å². The number of aromatic nitrogens is 4. The third kappa shape index (κ3) is 4.00. The van der Waals surface area contributed by atoms with Crippen LogP contribution in [0.15, 0.2) is 29.2 Å². The average Bonchev–Trinajstić information content (AvgIpc) is 3.28. The maximum atomic E-state index is 13.8. The third-order valence-corrected chi connectivity index (χ3v) is 5.51. The lowest BCUT2D eigenvalue weighted by Crippen LogP contribution is -2.37. The van der Waals surface area contributed by atoms with E-state index in [0.717, 1.165) is 31.0 Å². The van der Waals surface area contributed by atoms with Crippen LogP contribution < -0.4 is 10.5 Å². The van der Waals surface area contributed by atoms with Gasteiger partial charge >= 0.3 is 0 Å². The molecule has 0 unspecified atom stereocenters. The van der Waals surface area contributed by atoms with E-state index in [0.29, 0.717) is 50.0 Å². The van der Waals surface area contributed by atoms with E-state index in [9.17, 15) is 13.6 Å². The molecule has 0 saturated carbocycles. The molecule has 3 aromatic rings. The Morgan fingerprint density at radius 2 is 1.84 bits per heavy atom. The van der Waals surface area contributed by atoms with Crippen LogP contribution in [0.3, 0.4) is 0 Å². The molecule has 8 nitrogen and oxygen atoms in total. The summed E-state index contributed by atoms with van der Waals surface area (Å²) >= 11 is 0. The molecule has 10 heteroatoms. The lowest BCUT2D eigenvalue weighted by atomic mass is 10.1. The van der Waals surface area contributed by atoms with Gasteiger partial charge in [-0.2, -0.15) is 4.98 Å². The van der Waals surface area contributed by atoms with Crippen molar-refractivity contribution >= 4 is 17.1 Å². The van der Waals surface area contributed by atoms with Gasteiger partial charge in [0, 0.05) is 31.3 Å². The quantitative estimate of drug-likeness (QED) is 0.629. The van der Waals surface area contributed by atoms with Crippen molar-refractivity contribution in [3.8, 4) is 11.3 Å². The topological polar surface area (TPSA) is 82.4 Å². The predicted molar refractivity (Wildman–Crippen MR) is 109 cm³/mol. The Bertz CT molecular complexity index is 1150. The van der Waals surface area contributed by atoms with Gasteiger partial charge in [-0.1, -0.05) is 0 Å². The molecule has 0 spiro atoms. The van der Waals surface area contributed by atoms with Gasteiger partial charge in [0.25, 0.3) is 5.56 Å². The lowest BCUT2D eigenvalue weighted by Gasteiger charge is -2.27. The van der Waals surface area contributed by atoms with Gasteiger partial charge in [-0.3, -0.25) is 9.36 Å². The Kier molecular flexibility index (Phi) is 5.33. The molecule has 5 rings (SSSR count). The van der Waals surface area contributed by atoms with Crippen LogP contribution in [-0.4, -0.2) is 58.5 Å². The van der Waals surface area contributed by atoms with Crippen molar-refractivity contribution in [1.82, 2.24) is 19.5 Å². The van der Waals surface area contributed by atoms with E-state index in [1.165, 1.54) is 10.8 Å². The highest BCUT2D eigenvalue weighted by Gasteiger charge is 2.23. The van der Waals surface area contributed by atoms with E-state index in [1.54, 1.807) is 0 Å². The number of rotatable bonds is 4. The van der Waals surface area contributed by atoms with E-state index in [1.807, 2.05) is 4.90 Å². The Labute approximate surface area is 176 Å². The average molecular weight is 429 g/mol. The number of fused-ring (bicyclic) bond motifs is 1. The van der Waals surface area contributed by atoms with Gasteiger partial charge in [0.2, 0.25) is 5.95 Å². The molecule has 2 saturated heterocycles. The molecule has 31 heavy (non-hydrogen) atoms. The number of anilines is 1. The zero-order valence-electron chi connectivity index (χ0n) is 16.8. The Balaban J connectivity index is 1.67. The summed E-state index contributed by atoms with van der Waals surface area (Å²) in [5, 5.41) is 0. The van der Waals surface area contributed by atoms with Crippen molar-refractivity contribution in [2.75, 3.05) is 37.8 Å². The summed E-state index contributed by atoms with van der Waals surface area (Å²) in [4.78, 5) is 28.8. The van der Waals surface area contributed by atoms with Crippen molar-refractivity contribution in [1.29, 1.82) is 0 Å². The maximum Gasteiger partial charge on any atom is 0.278 e. The molecule has 2 aliphatic rings. The second kappa shape index (κ2) is 8.27. The summed E-state index contributed by atoms with van der Waals surface area (Å²) in [6.07, 6.45) is 3.14. The fourth-order valence-corrected chi connectivity index (χ4v) is 3.98. The van der Waals surface area contributed by atoms with E-state index >= 15 is 0 Å². The standard InChI is InChI=1S/C21H21F2N5O3/c22-14-8-13(9-15(23)10-14)18-20(29)28(12-16-2-1-5-31-16)19-17(25-18)11-24-21(26-19)27-3-6-30-7-4-27/h8-11,16H,1-7,12H2/t16-/m1/s1. The van der Waals surface area contributed by atoms with Gasteiger partial charge in [-0.25, -0.2) is 18.7 Å². The number of hydrogen-bond acceptors (Lipinski definition) is 7. The first-order valence-electron chi connectivity index (χ1n) is 10.3. The first-order chi connectivity index (χ1) is 15.1. The zero-order valence-corrected chi connectivity index (χ0v) is 16.8. The van der Waals surface area contributed by atoms with E-state index in [4.69, 9.17) is 9.47 Å². The van der Waals surface area contributed by atoms with Crippen LogP contribution in [0.5, 0.6) is 0 Å². The minimum absolute atomic E-state index is 0.0494. The van der Waals surface area contributed by atoms with Crippen LogP contribution in [0.2, 0.25) is 0 Å². The van der Waals surface area contributed by atoms with Crippen LogP contribution in [0.4, 0.5) is 14.7 Å². The van der Waals surface area contributed by atoms with Gasteiger partial charge in [0.15, 0.2) is 5.65 Å². The fraction of sp³-hybridized carbons (Fsp3) is 0.429. The SMILES string of the molecule is O=c1c(-c2cc(F)cc(F)c2)nc2cnc(N3CCOCC3)nc2n1C[C@H]1CCCO1. The number of ether oxygens (including phenoxy) is 2. The molecular formula is C21H21F2N5O3. The number of hydrogen-bond donors (Lipinski definition) is 0. The van der Waals surface area contributed by atoms with Crippen molar-refractivity contribution < 1.29 is 18.3 Å². The Morgan fingerprint density at radius 1 is 1.06 bits per heavy atom. The Morgan fingerprint density at radius 3 is 2.55 bits per heavy atom. The molecule has 2 aliphatic heterocycles. The second-order valence-corrected chi connectivity index (χ2v) is 7.65. The highest BCUT2D eigenvalue weighted by atomic mass is 19.1. The van der Waals surface area contributed by atoms with Crippen LogP contribution in [0, 0.1) is 11.6 Å². The normalized spacial score (nSPS) is 19.3. The molecule has 0 aliphatic carbocycles. The van der Waals surface area contributed by atoms with Crippen molar-refractivity contribution in [2.45, 2.75) is 25.5 Å². The minimum Gasteiger partial charge on any atom is -0.378 e. The highest BCUT2D eigenvalue weighted by Crippen LogP contribution is 2.22. The van der Waals surface area contributed by atoms with Crippen LogP contribution >= 0.6 is 0 Å². The molecule has 1 aromatic carbocycles. The molecule has 1 atom stereocenters. The molecular weight excluding hydrogens is 408 g/mol. The molecule has 2 aromatic heterocycles. The molecule has 0 amide bonds. The lowest BCUT2D eigenvalue weighted by molar-refractivity contribution is 0.0971. The predicted octanol–water partition coefficient (Wildman–Crippen LogP) is 2.15. The van der Waals surface area contributed by atoms with E-state index in [-0.39, 0.29) is 23.9 Å². The molecule has 4 heterocycles. The van der Waals surface area contributed by atoms with Gasteiger partial charge in [0.05, 0.1) is 32.1 Å². The first-order valence-corrected chi connectivity index (χ1v) is 10.3. The Hall–Kier alpha value is -2.98. The monoisotopic (exact) mass is 429 g/mol. The fourth-order valence-electron chi connectivity index (χ4n) is 3.98. The number of benzene rings is 1. The summed E-state index contributed by atoms with van der Waals surface area (Å²) in [7, 11) is 0. The third-order valence-electron chi connectivity index (χ3n) is 5.51. The number of nitrogens with zero attached hydrogens (tertiary/aromatic N) is 5. The van der Waals surface area contributed by atoms with Crippen molar-refractivity contribution in [2.24, 2.45) is 0 Å². The van der Waals surface area contributed by atoms with Crippen LogP contribution in [-0.2, 0) is 16.0 Å². The molecule has 0 radical (unpaired) electrons. The molecule has 2 fully saturated rings. The van der Waals surface area contributed by atoms with E-state index < -0.39 is 17.2 Å². The van der Waals surface area contributed by atoms with Gasteiger partial charge < -0.3 is 14.4 Å². The smallest absolute Gasteiger partial charge is 0.278 e. The number of morpholine rings is 1. The summed E-state index contributed by atoms with van der Waals surface area (Å²) in [6.45, 7) is 3.37. The first kappa shape index (κ1) is 20.0. The van der Waals surface area contributed by atoms with Crippen molar-refractivity contribution in [3.63, 3.8) is 0 Å². The van der Waals surface area contributed by atoms with Crippen LogP contribution in [0.1, 0.15) is 12.8 Å². The summed E-state index contributed by atoms with van der Waals surface area (Å²) < 4.78 is 40.2. The zero-order chi connectivity index (χ0) is 21.4. The van der Waals surface area contributed by atoms with Gasteiger partial charge in [-0.15, -0.1) is 0 Å². The van der Waals surface area contributed by atoms with E-state index in [2.05, 4.69) is 15.0 Å². The highest BCUT2D eigenvalue weighted by molar-refractivity contribution is 5.74.